The molecule has 0 saturated heterocycles. The lowest BCUT2D eigenvalue weighted by Crippen LogP contribution is -2.36. The van der Waals surface area contributed by atoms with Crippen LogP contribution in [0.25, 0.3) is 10.9 Å². The van der Waals surface area contributed by atoms with Crippen LogP contribution in [0.5, 0.6) is 0 Å². The van der Waals surface area contributed by atoms with E-state index in [0.717, 1.165) is 10.9 Å². The number of fused-ring (bicyclic) bond motifs is 1. The van der Waals surface area contributed by atoms with Gasteiger partial charge in [0.1, 0.15) is 5.60 Å². The number of aromatic nitrogens is 1. The molecule has 6 heteroatoms. The summed E-state index contributed by atoms with van der Waals surface area (Å²) >= 11 is 0. The van der Waals surface area contributed by atoms with Gasteiger partial charge < -0.3 is 20.4 Å². The van der Waals surface area contributed by atoms with Crippen molar-refractivity contribution in [2.45, 2.75) is 32.9 Å². The van der Waals surface area contributed by atoms with E-state index in [1.54, 1.807) is 0 Å². The number of ether oxygens (including phenoxy) is 1. The summed E-state index contributed by atoms with van der Waals surface area (Å²) in [5.41, 5.74) is 0.890. The Bertz CT molecular complexity index is 732. The molecule has 0 saturated carbocycles. The molecule has 1 aromatic heterocycles. The lowest BCUT2D eigenvalue weighted by atomic mass is 10.1. The summed E-state index contributed by atoms with van der Waals surface area (Å²) in [6, 6.07) is 9.53. The number of nitrogens with one attached hydrogen (secondary N) is 3. The van der Waals surface area contributed by atoms with E-state index >= 15 is 0 Å². The van der Waals surface area contributed by atoms with Crippen LogP contribution in [0, 0.1) is 0 Å². The highest BCUT2D eigenvalue weighted by Gasteiger charge is 2.15. The molecule has 2 aromatic rings. The number of benzene rings is 1. The first-order valence-electron chi connectivity index (χ1n) is 7.64. The predicted octanol–water partition coefficient (Wildman–Crippen LogP) is 2.14. The molecule has 0 atom stereocenters. The Morgan fingerprint density at radius 2 is 1.96 bits per heavy atom. The zero-order chi connectivity index (χ0) is 16.9. The lowest BCUT2D eigenvalue weighted by molar-refractivity contribution is 0.0528. The average Bonchev–Trinajstić information content (AvgIpc) is 2.45. The third kappa shape index (κ3) is 5.41. The number of hydrogen-bond acceptors (Lipinski definition) is 4. The highest BCUT2D eigenvalue weighted by atomic mass is 16.6. The molecular formula is C17H23N3O3. The number of aromatic amines is 1. The van der Waals surface area contributed by atoms with Gasteiger partial charge in [0.05, 0.1) is 0 Å². The molecule has 0 spiro atoms. The van der Waals surface area contributed by atoms with E-state index in [9.17, 15) is 9.59 Å². The summed E-state index contributed by atoms with van der Waals surface area (Å²) in [5.74, 6) is 0. The first-order chi connectivity index (χ1) is 10.8. The summed E-state index contributed by atoms with van der Waals surface area (Å²) in [4.78, 5) is 26.3. The van der Waals surface area contributed by atoms with Crippen LogP contribution in [0.15, 0.2) is 35.1 Å². The second-order valence-corrected chi connectivity index (χ2v) is 6.32. The molecule has 0 unspecified atom stereocenters. The largest absolute Gasteiger partial charge is 0.444 e. The summed E-state index contributed by atoms with van der Waals surface area (Å²) in [6.45, 7) is 6.87. The van der Waals surface area contributed by atoms with Gasteiger partial charge >= 0.3 is 6.09 Å². The van der Waals surface area contributed by atoms with Crippen LogP contribution in [-0.4, -0.2) is 29.8 Å². The van der Waals surface area contributed by atoms with Gasteiger partial charge in [0.15, 0.2) is 0 Å². The monoisotopic (exact) mass is 317 g/mol. The van der Waals surface area contributed by atoms with E-state index < -0.39 is 11.7 Å². The number of H-pyrrole nitrogens is 1. The van der Waals surface area contributed by atoms with E-state index in [2.05, 4.69) is 15.6 Å². The van der Waals surface area contributed by atoms with Crippen LogP contribution in [0.4, 0.5) is 4.79 Å². The topological polar surface area (TPSA) is 83.2 Å². The van der Waals surface area contributed by atoms with E-state index in [4.69, 9.17) is 4.74 Å². The van der Waals surface area contributed by atoms with E-state index in [1.165, 1.54) is 0 Å². The van der Waals surface area contributed by atoms with Crippen molar-refractivity contribution in [1.29, 1.82) is 0 Å². The van der Waals surface area contributed by atoms with Gasteiger partial charge in [-0.3, -0.25) is 4.79 Å². The SMILES string of the molecule is CC(C)(C)OC(=O)NCCNCc1cc2ccccc2[nH]c1=O. The molecule has 1 aromatic carbocycles. The smallest absolute Gasteiger partial charge is 0.407 e. The average molecular weight is 317 g/mol. The van der Waals surface area contributed by atoms with Crippen molar-refractivity contribution in [2.24, 2.45) is 0 Å². The minimum absolute atomic E-state index is 0.101. The number of rotatable bonds is 5. The highest BCUT2D eigenvalue weighted by molar-refractivity contribution is 5.78. The first-order valence-corrected chi connectivity index (χ1v) is 7.64. The number of para-hydroxylation sites is 1. The van der Waals surface area contributed by atoms with Crippen LogP contribution in [-0.2, 0) is 11.3 Å². The summed E-state index contributed by atoms with van der Waals surface area (Å²) in [5, 5.41) is 6.79. The van der Waals surface area contributed by atoms with Crippen molar-refractivity contribution in [3.05, 3.63) is 46.2 Å². The van der Waals surface area contributed by atoms with E-state index in [-0.39, 0.29) is 5.56 Å². The van der Waals surface area contributed by atoms with Gasteiger partial charge in [0.2, 0.25) is 0 Å². The quantitative estimate of drug-likeness (QED) is 0.738. The maximum Gasteiger partial charge on any atom is 0.407 e. The molecule has 0 bridgehead atoms. The van der Waals surface area contributed by atoms with Crippen molar-refractivity contribution < 1.29 is 9.53 Å². The standard InChI is InChI=1S/C17H23N3O3/c1-17(2,3)23-16(22)19-9-8-18-11-13-10-12-6-4-5-7-14(12)20-15(13)21/h4-7,10,18H,8-9,11H2,1-3H3,(H,19,22)(H,20,21). The van der Waals surface area contributed by atoms with Gasteiger partial charge in [-0.1, -0.05) is 18.2 Å². The van der Waals surface area contributed by atoms with Gasteiger partial charge in [-0.15, -0.1) is 0 Å². The van der Waals surface area contributed by atoms with Gasteiger partial charge in [-0.25, -0.2) is 4.79 Å². The van der Waals surface area contributed by atoms with Crippen LogP contribution in [0.1, 0.15) is 26.3 Å². The molecule has 1 heterocycles. The minimum Gasteiger partial charge on any atom is -0.444 e. The first kappa shape index (κ1) is 17.0. The molecule has 0 aliphatic rings. The van der Waals surface area contributed by atoms with Gasteiger partial charge in [0, 0.05) is 30.7 Å². The molecule has 0 aliphatic carbocycles. The Kier molecular flexibility index (Phi) is 5.39. The van der Waals surface area contributed by atoms with Crippen molar-refractivity contribution in [1.82, 2.24) is 15.6 Å². The van der Waals surface area contributed by atoms with E-state index in [1.807, 2.05) is 51.1 Å². The van der Waals surface area contributed by atoms with Crippen LogP contribution >= 0.6 is 0 Å². The van der Waals surface area contributed by atoms with Crippen LogP contribution < -0.4 is 16.2 Å². The molecule has 0 aliphatic heterocycles. The second kappa shape index (κ2) is 7.28. The molecule has 3 N–H and O–H groups in total. The fourth-order valence-corrected chi connectivity index (χ4v) is 2.11. The van der Waals surface area contributed by atoms with Crippen molar-refractivity contribution in [3.8, 4) is 0 Å². The Balaban J connectivity index is 1.80. The molecule has 23 heavy (non-hydrogen) atoms. The van der Waals surface area contributed by atoms with Crippen molar-refractivity contribution >= 4 is 17.0 Å². The Morgan fingerprint density at radius 3 is 2.70 bits per heavy atom. The molecule has 6 nitrogen and oxygen atoms in total. The molecular weight excluding hydrogens is 294 g/mol. The van der Waals surface area contributed by atoms with Gasteiger partial charge in [-0.05, 0) is 38.3 Å². The second-order valence-electron chi connectivity index (χ2n) is 6.32. The number of amides is 1. The normalized spacial score (nSPS) is 11.4. The zero-order valence-corrected chi connectivity index (χ0v) is 13.7. The van der Waals surface area contributed by atoms with E-state index in [0.29, 0.717) is 25.2 Å². The third-order valence-electron chi connectivity index (χ3n) is 3.12. The number of carbonyl (C=O) groups is 1. The molecule has 0 radical (unpaired) electrons. The minimum atomic E-state index is -0.504. The summed E-state index contributed by atoms with van der Waals surface area (Å²) < 4.78 is 5.14. The molecule has 2 rings (SSSR count). The number of pyridine rings is 1. The number of carbonyl (C=O) groups excluding carboxylic acids is 1. The zero-order valence-electron chi connectivity index (χ0n) is 13.7. The number of alkyl carbamates (subject to hydrolysis) is 1. The lowest BCUT2D eigenvalue weighted by Gasteiger charge is -2.19. The predicted molar refractivity (Wildman–Crippen MR) is 90.5 cm³/mol. The fourth-order valence-electron chi connectivity index (χ4n) is 2.11. The highest BCUT2D eigenvalue weighted by Crippen LogP contribution is 2.09. The van der Waals surface area contributed by atoms with Crippen molar-refractivity contribution in [2.75, 3.05) is 13.1 Å². The third-order valence-corrected chi connectivity index (χ3v) is 3.12. The van der Waals surface area contributed by atoms with Gasteiger partial charge in [0.25, 0.3) is 5.56 Å². The maximum atomic E-state index is 12.0. The van der Waals surface area contributed by atoms with Crippen molar-refractivity contribution in [3.63, 3.8) is 0 Å². The van der Waals surface area contributed by atoms with Crippen LogP contribution in [0.3, 0.4) is 0 Å². The van der Waals surface area contributed by atoms with Crippen LogP contribution in [0.2, 0.25) is 0 Å². The number of hydrogen-bond donors (Lipinski definition) is 3. The summed E-state index contributed by atoms with van der Waals surface area (Å²) in [6.07, 6.45) is -0.442. The molecule has 124 valence electrons. The molecule has 1 amide bonds. The Morgan fingerprint density at radius 1 is 1.22 bits per heavy atom. The fraction of sp³-hybridized carbons (Fsp3) is 0.412. The summed E-state index contributed by atoms with van der Waals surface area (Å²) in [7, 11) is 0. The molecule has 0 fully saturated rings. The van der Waals surface area contributed by atoms with Gasteiger partial charge in [-0.2, -0.15) is 0 Å². The Hall–Kier alpha value is -2.34. The maximum absolute atomic E-state index is 12.0. The Labute approximate surface area is 135 Å².